The van der Waals surface area contributed by atoms with E-state index in [9.17, 15) is 13.6 Å². The first-order chi connectivity index (χ1) is 16.1. The zero-order valence-electron chi connectivity index (χ0n) is 17.0. The van der Waals surface area contributed by atoms with Crippen LogP contribution in [0.2, 0.25) is 0 Å². The van der Waals surface area contributed by atoms with E-state index in [-0.39, 0.29) is 25.1 Å². The fraction of sp³-hybridized carbons (Fsp3) is 0.130. The van der Waals surface area contributed by atoms with Crippen LogP contribution in [0.3, 0.4) is 0 Å². The highest BCUT2D eigenvalue weighted by atomic mass is 19.3. The number of aromatic amines is 1. The first kappa shape index (κ1) is 20.6. The van der Waals surface area contributed by atoms with Crippen LogP contribution in [0.5, 0.6) is 23.0 Å². The molecule has 1 amide bonds. The lowest BCUT2D eigenvalue weighted by Crippen LogP contribution is -2.12. The van der Waals surface area contributed by atoms with E-state index >= 15 is 0 Å². The maximum absolute atomic E-state index is 12.7. The van der Waals surface area contributed by atoms with E-state index in [1.165, 1.54) is 6.07 Å². The molecule has 0 aliphatic carbocycles. The van der Waals surface area contributed by atoms with Gasteiger partial charge in [0.15, 0.2) is 17.3 Å². The molecule has 0 atom stereocenters. The second-order valence-electron chi connectivity index (χ2n) is 7.08. The second-order valence-corrected chi connectivity index (χ2v) is 7.08. The van der Waals surface area contributed by atoms with Crippen molar-refractivity contribution >= 4 is 22.6 Å². The largest absolute Gasteiger partial charge is 0.489 e. The average Bonchev–Trinajstić information content (AvgIpc) is 3.44. The van der Waals surface area contributed by atoms with Crippen LogP contribution in [0.4, 0.5) is 14.6 Å². The number of carbonyl (C=O) groups is 1. The summed E-state index contributed by atoms with van der Waals surface area (Å²) >= 11 is 0. The molecule has 0 spiro atoms. The van der Waals surface area contributed by atoms with Gasteiger partial charge in [0.25, 0.3) is 5.91 Å². The third-order valence-corrected chi connectivity index (χ3v) is 4.98. The van der Waals surface area contributed by atoms with E-state index in [1.807, 2.05) is 0 Å². The quantitative estimate of drug-likeness (QED) is 0.420. The van der Waals surface area contributed by atoms with Crippen molar-refractivity contribution < 1.29 is 32.5 Å². The van der Waals surface area contributed by atoms with Crippen molar-refractivity contribution in [3.63, 3.8) is 0 Å². The van der Waals surface area contributed by atoms with Gasteiger partial charge in [-0.15, -0.1) is 0 Å². The SMILES string of the molecule is O=C(Nc1n[nH]c2ccc(OCc3ccccc3OC(F)F)cc12)c1ccc2c(c1)OCO2. The molecule has 5 rings (SSSR count). The van der Waals surface area contributed by atoms with Crippen LogP contribution < -0.4 is 24.3 Å². The summed E-state index contributed by atoms with van der Waals surface area (Å²) in [5.41, 5.74) is 1.55. The number of hydrogen-bond acceptors (Lipinski definition) is 6. The van der Waals surface area contributed by atoms with Crippen LogP contribution >= 0.6 is 0 Å². The fourth-order valence-electron chi connectivity index (χ4n) is 3.39. The fourth-order valence-corrected chi connectivity index (χ4v) is 3.39. The molecule has 2 heterocycles. The van der Waals surface area contributed by atoms with Gasteiger partial charge in [0.1, 0.15) is 18.1 Å². The Labute approximate surface area is 186 Å². The zero-order chi connectivity index (χ0) is 22.8. The molecule has 1 aliphatic rings. The summed E-state index contributed by atoms with van der Waals surface area (Å²) in [6.45, 7) is -2.79. The standard InChI is InChI=1S/C23H17F2N3O5/c24-23(25)33-18-4-2-1-3-14(18)11-30-15-6-7-17-16(10-15)21(28-27-17)26-22(29)13-5-8-19-20(9-13)32-12-31-19/h1-10,23H,11-12H2,(H2,26,27,28,29). The summed E-state index contributed by atoms with van der Waals surface area (Å²) in [4.78, 5) is 12.7. The van der Waals surface area contributed by atoms with E-state index < -0.39 is 6.61 Å². The van der Waals surface area contributed by atoms with Gasteiger partial charge in [-0.25, -0.2) is 0 Å². The number of hydrogen-bond donors (Lipinski definition) is 2. The van der Waals surface area contributed by atoms with Gasteiger partial charge >= 0.3 is 6.61 Å². The summed E-state index contributed by atoms with van der Waals surface area (Å²) in [5, 5.41) is 10.4. The molecule has 168 valence electrons. The summed E-state index contributed by atoms with van der Waals surface area (Å²) in [7, 11) is 0. The van der Waals surface area contributed by atoms with Crippen LogP contribution in [0.1, 0.15) is 15.9 Å². The number of ether oxygens (including phenoxy) is 4. The van der Waals surface area contributed by atoms with Gasteiger partial charge in [-0.3, -0.25) is 9.89 Å². The van der Waals surface area contributed by atoms with E-state index in [0.29, 0.717) is 45.1 Å². The molecule has 10 heteroatoms. The molecule has 3 aromatic carbocycles. The van der Waals surface area contributed by atoms with Crippen molar-refractivity contribution in [2.24, 2.45) is 0 Å². The summed E-state index contributed by atoms with van der Waals surface area (Å²) in [5.74, 6) is 1.55. The number of para-hydroxylation sites is 1. The molecule has 1 aromatic heterocycles. The molecule has 0 saturated carbocycles. The van der Waals surface area contributed by atoms with Crippen LogP contribution in [-0.4, -0.2) is 29.5 Å². The maximum Gasteiger partial charge on any atom is 0.387 e. The molecule has 0 radical (unpaired) electrons. The van der Waals surface area contributed by atoms with Gasteiger partial charge in [0, 0.05) is 16.5 Å². The third-order valence-electron chi connectivity index (χ3n) is 4.98. The molecule has 0 unspecified atom stereocenters. The van der Waals surface area contributed by atoms with Crippen molar-refractivity contribution in [1.29, 1.82) is 0 Å². The predicted molar refractivity (Wildman–Crippen MR) is 114 cm³/mol. The lowest BCUT2D eigenvalue weighted by Gasteiger charge is -2.12. The predicted octanol–water partition coefficient (Wildman–Crippen LogP) is 4.72. The van der Waals surface area contributed by atoms with Crippen LogP contribution in [0.15, 0.2) is 60.7 Å². The normalized spacial score (nSPS) is 12.2. The molecular formula is C23H17F2N3O5. The molecule has 8 nitrogen and oxygen atoms in total. The average molecular weight is 453 g/mol. The highest BCUT2D eigenvalue weighted by Crippen LogP contribution is 2.33. The Morgan fingerprint density at radius 3 is 2.82 bits per heavy atom. The number of rotatable bonds is 7. The van der Waals surface area contributed by atoms with Crippen molar-refractivity contribution in [2.45, 2.75) is 13.2 Å². The number of aromatic nitrogens is 2. The number of amides is 1. The van der Waals surface area contributed by atoms with Crippen molar-refractivity contribution in [3.05, 3.63) is 71.8 Å². The Hall–Kier alpha value is -4.34. The van der Waals surface area contributed by atoms with Crippen molar-refractivity contribution in [1.82, 2.24) is 10.2 Å². The van der Waals surface area contributed by atoms with E-state index in [1.54, 1.807) is 54.6 Å². The maximum atomic E-state index is 12.7. The van der Waals surface area contributed by atoms with Gasteiger partial charge in [0.2, 0.25) is 6.79 Å². The summed E-state index contributed by atoms with van der Waals surface area (Å²) in [6.07, 6.45) is 0. The third kappa shape index (κ3) is 4.36. The lowest BCUT2D eigenvalue weighted by molar-refractivity contribution is -0.0508. The lowest BCUT2D eigenvalue weighted by atomic mass is 10.2. The highest BCUT2D eigenvalue weighted by Gasteiger charge is 2.18. The number of benzene rings is 3. The first-order valence-electron chi connectivity index (χ1n) is 9.91. The monoisotopic (exact) mass is 453 g/mol. The number of nitrogens with zero attached hydrogens (tertiary/aromatic N) is 1. The first-order valence-corrected chi connectivity index (χ1v) is 9.91. The second kappa shape index (κ2) is 8.65. The molecule has 4 aromatic rings. The smallest absolute Gasteiger partial charge is 0.387 e. The molecule has 0 bridgehead atoms. The topological polar surface area (TPSA) is 94.7 Å². The van der Waals surface area contributed by atoms with E-state index in [4.69, 9.17) is 14.2 Å². The number of halogens is 2. The van der Waals surface area contributed by atoms with E-state index in [0.717, 1.165) is 0 Å². The Bertz CT molecular complexity index is 1320. The molecule has 0 fully saturated rings. The van der Waals surface area contributed by atoms with Crippen LogP contribution in [-0.2, 0) is 6.61 Å². The number of alkyl halides is 2. The molecule has 0 saturated heterocycles. The Balaban J connectivity index is 1.32. The van der Waals surface area contributed by atoms with Crippen molar-refractivity contribution in [2.75, 3.05) is 12.1 Å². The molecule has 2 N–H and O–H groups in total. The van der Waals surface area contributed by atoms with Gasteiger partial charge < -0.3 is 24.3 Å². The minimum atomic E-state index is -2.93. The summed E-state index contributed by atoms with van der Waals surface area (Å²) < 4.78 is 46.1. The zero-order valence-corrected chi connectivity index (χ0v) is 17.0. The number of carbonyl (C=O) groups excluding carboxylic acids is 1. The minimum Gasteiger partial charge on any atom is -0.489 e. The number of H-pyrrole nitrogens is 1. The summed E-state index contributed by atoms with van der Waals surface area (Å²) in [6, 6.07) is 16.5. The van der Waals surface area contributed by atoms with Gasteiger partial charge in [-0.05, 0) is 42.5 Å². The van der Waals surface area contributed by atoms with E-state index in [2.05, 4.69) is 20.3 Å². The minimum absolute atomic E-state index is 0.0190. The van der Waals surface area contributed by atoms with Gasteiger partial charge in [0.05, 0.1) is 5.52 Å². The number of anilines is 1. The number of fused-ring (bicyclic) bond motifs is 2. The Morgan fingerprint density at radius 1 is 1.09 bits per heavy atom. The Morgan fingerprint density at radius 2 is 1.94 bits per heavy atom. The Kier molecular flexibility index (Phi) is 5.39. The van der Waals surface area contributed by atoms with Crippen molar-refractivity contribution in [3.8, 4) is 23.0 Å². The molecular weight excluding hydrogens is 436 g/mol. The van der Waals surface area contributed by atoms with Gasteiger partial charge in [-0.2, -0.15) is 13.9 Å². The highest BCUT2D eigenvalue weighted by molar-refractivity contribution is 6.08. The number of nitrogens with one attached hydrogen (secondary N) is 2. The van der Waals surface area contributed by atoms with Crippen LogP contribution in [0, 0.1) is 0 Å². The molecule has 1 aliphatic heterocycles. The molecule has 33 heavy (non-hydrogen) atoms. The van der Waals surface area contributed by atoms with Crippen LogP contribution in [0.25, 0.3) is 10.9 Å². The van der Waals surface area contributed by atoms with Gasteiger partial charge in [-0.1, -0.05) is 18.2 Å².